The predicted octanol–water partition coefficient (Wildman–Crippen LogP) is 4.31. The molecule has 0 aliphatic rings. The lowest BCUT2D eigenvalue weighted by atomic mass is 10.2. The van der Waals surface area contributed by atoms with E-state index in [1.165, 1.54) is 42.7 Å². The first-order chi connectivity index (χ1) is 12.6. The number of benzene rings is 1. The van der Waals surface area contributed by atoms with Crippen molar-refractivity contribution in [2.75, 3.05) is 12.4 Å². The molecule has 0 aliphatic heterocycles. The van der Waals surface area contributed by atoms with Crippen LogP contribution in [0.1, 0.15) is 11.3 Å². The van der Waals surface area contributed by atoms with E-state index in [2.05, 4.69) is 15.3 Å². The standard InChI is InChI=1S/C19H16FN3O2S/c1-12-18(15-5-3-4-10-21-15)26-19(22-12)23-17(24)9-7-13-6-8-16(25-2)14(20)11-13/h3-11H,1-2H3,(H,22,23,24)/b9-7+. The van der Waals surface area contributed by atoms with Crippen molar-refractivity contribution < 1.29 is 13.9 Å². The van der Waals surface area contributed by atoms with Crippen molar-refractivity contribution in [3.63, 3.8) is 0 Å². The van der Waals surface area contributed by atoms with Gasteiger partial charge in [0, 0.05) is 12.3 Å². The molecular weight excluding hydrogens is 353 g/mol. The molecule has 0 unspecified atom stereocenters. The first-order valence-electron chi connectivity index (χ1n) is 7.78. The van der Waals surface area contributed by atoms with Gasteiger partial charge in [0.15, 0.2) is 16.7 Å². The molecular formula is C19H16FN3O2S. The number of carbonyl (C=O) groups is 1. The van der Waals surface area contributed by atoms with Crippen molar-refractivity contribution in [1.82, 2.24) is 9.97 Å². The Morgan fingerprint density at radius 2 is 2.15 bits per heavy atom. The van der Waals surface area contributed by atoms with Crippen molar-refractivity contribution >= 4 is 28.5 Å². The molecule has 2 aromatic heterocycles. The summed E-state index contributed by atoms with van der Waals surface area (Å²) in [5, 5.41) is 3.20. The first-order valence-corrected chi connectivity index (χ1v) is 8.60. The number of anilines is 1. The van der Waals surface area contributed by atoms with Gasteiger partial charge in [0.1, 0.15) is 0 Å². The van der Waals surface area contributed by atoms with Crippen LogP contribution in [0.15, 0.2) is 48.7 Å². The maximum Gasteiger partial charge on any atom is 0.250 e. The fourth-order valence-electron chi connectivity index (χ4n) is 2.29. The second-order valence-electron chi connectivity index (χ2n) is 5.37. The second kappa shape index (κ2) is 7.88. The Hall–Kier alpha value is -3.06. The highest BCUT2D eigenvalue weighted by atomic mass is 32.1. The Balaban J connectivity index is 1.70. The van der Waals surface area contributed by atoms with Crippen LogP contribution in [0, 0.1) is 12.7 Å². The van der Waals surface area contributed by atoms with E-state index in [0.717, 1.165) is 16.3 Å². The van der Waals surface area contributed by atoms with Crippen molar-refractivity contribution in [3.8, 4) is 16.3 Å². The van der Waals surface area contributed by atoms with Gasteiger partial charge in [0.05, 0.1) is 23.4 Å². The molecule has 7 heteroatoms. The van der Waals surface area contributed by atoms with Crippen LogP contribution in [0.3, 0.4) is 0 Å². The number of ether oxygens (including phenoxy) is 1. The van der Waals surface area contributed by atoms with Crippen molar-refractivity contribution in [2.24, 2.45) is 0 Å². The summed E-state index contributed by atoms with van der Waals surface area (Å²) in [4.78, 5) is 21.6. The molecule has 132 valence electrons. The van der Waals surface area contributed by atoms with Gasteiger partial charge in [-0.15, -0.1) is 0 Å². The molecule has 0 saturated carbocycles. The monoisotopic (exact) mass is 369 g/mol. The Morgan fingerprint density at radius 1 is 1.31 bits per heavy atom. The summed E-state index contributed by atoms with van der Waals surface area (Å²) >= 11 is 1.35. The molecule has 1 N–H and O–H groups in total. The molecule has 26 heavy (non-hydrogen) atoms. The van der Waals surface area contributed by atoms with Gasteiger partial charge >= 0.3 is 0 Å². The molecule has 0 aliphatic carbocycles. The van der Waals surface area contributed by atoms with Gasteiger partial charge in [-0.1, -0.05) is 23.5 Å². The van der Waals surface area contributed by atoms with Gasteiger partial charge in [-0.3, -0.25) is 15.1 Å². The van der Waals surface area contributed by atoms with E-state index in [9.17, 15) is 9.18 Å². The first kappa shape index (κ1) is 17.8. The maximum absolute atomic E-state index is 13.7. The number of aromatic nitrogens is 2. The molecule has 2 heterocycles. The molecule has 3 aromatic rings. The van der Waals surface area contributed by atoms with E-state index in [-0.39, 0.29) is 11.7 Å². The summed E-state index contributed by atoms with van der Waals surface area (Å²) in [6.45, 7) is 1.87. The largest absolute Gasteiger partial charge is 0.494 e. The molecule has 0 fully saturated rings. The van der Waals surface area contributed by atoms with E-state index in [1.807, 2.05) is 25.1 Å². The van der Waals surface area contributed by atoms with E-state index < -0.39 is 5.82 Å². The molecule has 0 spiro atoms. The SMILES string of the molecule is COc1ccc(/C=C/C(=O)Nc2nc(C)c(-c3ccccn3)s2)cc1F. The molecule has 5 nitrogen and oxygen atoms in total. The number of amides is 1. The number of methoxy groups -OCH3 is 1. The molecule has 3 rings (SSSR count). The minimum atomic E-state index is -0.481. The number of carbonyl (C=O) groups excluding carboxylic acids is 1. The fourth-order valence-corrected chi connectivity index (χ4v) is 3.24. The average Bonchev–Trinajstić information content (AvgIpc) is 3.01. The number of pyridine rings is 1. The number of hydrogen-bond acceptors (Lipinski definition) is 5. The van der Waals surface area contributed by atoms with Crippen LogP contribution in [0.2, 0.25) is 0 Å². The normalized spacial score (nSPS) is 10.9. The third kappa shape index (κ3) is 4.12. The summed E-state index contributed by atoms with van der Waals surface area (Å²) in [6.07, 6.45) is 4.57. The Bertz CT molecular complexity index is 955. The van der Waals surface area contributed by atoms with Crippen LogP contribution in [-0.2, 0) is 4.79 Å². The van der Waals surface area contributed by atoms with Crippen LogP contribution in [0.25, 0.3) is 16.6 Å². The Labute approximate surface area is 154 Å². The zero-order valence-electron chi connectivity index (χ0n) is 14.2. The molecule has 0 radical (unpaired) electrons. The summed E-state index contributed by atoms with van der Waals surface area (Å²) < 4.78 is 18.5. The Kier molecular flexibility index (Phi) is 5.38. The van der Waals surface area contributed by atoms with Crippen LogP contribution < -0.4 is 10.1 Å². The summed E-state index contributed by atoms with van der Waals surface area (Å²) in [5.74, 6) is -0.667. The van der Waals surface area contributed by atoms with E-state index >= 15 is 0 Å². The highest BCUT2D eigenvalue weighted by molar-refractivity contribution is 7.19. The number of nitrogens with zero attached hydrogens (tertiary/aromatic N) is 2. The lowest BCUT2D eigenvalue weighted by molar-refractivity contribution is -0.111. The third-order valence-electron chi connectivity index (χ3n) is 3.53. The quantitative estimate of drug-likeness (QED) is 0.681. The predicted molar refractivity (Wildman–Crippen MR) is 101 cm³/mol. The second-order valence-corrected chi connectivity index (χ2v) is 6.36. The number of hydrogen-bond donors (Lipinski definition) is 1. The van der Waals surface area contributed by atoms with E-state index in [0.29, 0.717) is 10.7 Å². The maximum atomic E-state index is 13.7. The molecule has 1 amide bonds. The van der Waals surface area contributed by atoms with E-state index in [1.54, 1.807) is 12.3 Å². The van der Waals surface area contributed by atoms with Crippen molar-refractivity contribution in [1.29, 1.82) is 0 Å². The lowest BCUT2D eigenvalue weighted by Crippen LogP contribution is -2.07. The van der Waals surface area contributed by atoms with Gasteiger partial charge in [0.2, 0.25) is 5.91 Å². The van der Waals surface area contributed by atoms with Gasteiger partial charge < -0.3 is 4.74 Å². The molecule has 1 aromatic carbocycles. The number of rotatable bonds is 5. The highest BCUT2D eigenvalue weighted by Gasteiger charge is 2.11. The third-order valence-corrected chi connectivity index (χ3v) is 4.62. The minimum absolute atomic E-state index is 0.159. The highest BCUT2D eigenvalue weighted by Crippen LogP contribution is 2.31. The summed E-state index contributed by atoms with van der Waals surface area (Å²) in [7, 11) is 1.40. The fraction of sp³-hybridized carbons (Fsp3) is 0.105. The van der Waals surface area contributed by atoms with Crippen LogP contribution >= 0.6 is 11.3 Å². The van der Waals surface area contributed by atoms with Crippen LogP contribution in [0.5, 0.6) is 5.75 Å². The van der Waals surface area contributed by atoms with E-state index in [4.69, 9.17) is 4.74 Å². The zero-order valence-corrected chi connectivity index (χ0v) is 15.0. The summed E-state index contributed by atoms with van der Waals surface area (Å²) in [5.41, 5.74) is 2.17. The van der Waals surface area contributed by atoms with Gasteiger partial charge in [0.25, 0.3) is 0 Å². The number of halogens is 1. The lowest BCUT2D eigenvalue weighted by Gasteiger charge is -2.01. The average molecular weight is 369 g/mol. The summed E-state index contributed by atoms with van der Waals surface area (Å²) in [6, 6.07) is 10.1. The smallest absolute Gasteiger partial charge is 0.250 e. The number of thiazole rings is 1. The number of aryl methyl sites for hydroxylation is 1. The Morgan fingerprint density at radius 3 is 2.85 bits per heavy atom. The molecule has 0 bridgehead atoms. The molecule has 0 saturated heterocycles. The van der Waals surface area contributed by atoms with Gasteiger partial charge in [-0.2, -0.15) is 0 Å². The number of nitrogens with one attached hydrogen (secondary N) is 1. The molecule has 0 atom stereocenters. The minimum Gasteiger partial charge on any atom is -0.494 e. The van der Waals surface area contributed by atoms with Gasteiger partial charge in [-0.25, -0.2) is 9.37 Å². The zero-order chi connectivity index (χ0) is 18.5. The van der Waals surface area contributed by atoms with Crippen LogP contribution in [-0.4, -0.2) is 23.0 Å². The van der Waals surface area contributed by atoms with Crippen LogP contribution in [0.4, 0.5) is 9.52 Å². The topological polar surface area (TPSA) is 64.1 Å². The van der Waals surface area contributed by atoms with Gasteiger partial charge in [-0.05, 0) is 42.8 Å². The van der Waals surface area contributed by atoms with Crippen molar-refractivity contribution in [2.45, 2.75) is 6.92 Å². The van der Waals surface area contributed by atoms with Crippen molar-refractivity contribution in [3.05, 3.63) is 65.7 Å².